The van der Waals surface area contributed by atoms with E-state index in [0.717, 1.165) is 37.6 Å². The first kappa shape index (κ1) is 15.1. The van der Waals surface area contributed by atoms with Gasteiger partial charge in [0.15, 0.2) is 0 Å². The Morgan fingerprint density at radius 2 is 2.09 bits per heavy atom. The second-order valence-electron chi connectivity index (χ2n) is 5.63. The Bertz CT molecular complexity index is 609. The zero-order valence-corrected chi connectivity index (χ0v) is 12.5. The number of rotatable bonds is 4. The van der Waals surface area contributed by atoms with Crippen molar-refractivity contribution in [3.63, 3.8) is 0 Å². The van der Waals surface area contributed by atoms with Crippen molar-refractivity contribution in [2.75, 3.05) is 19.6 Å². The number of aromatic nitrogens is 2. The summed E-state index contributed by atoms with van der Waals surface area (Å²) in [5.41, 5.74) is 1.12. The predicted molar refractivity (Wildman–Crippen MR) is 80.6 cm³/mol. The monoisotopic (exact) mass is 306 g/mol. The lowest BCUT2D eigenvalue weighted by Gasteiger charge is -2.35. The van der Waals surface area contributed by atoms with E-state index in [1.165, 1.54) is 12.1 Å². The molecular formula is C16H20F2N4. The first-order valence-electron chi connectivity index (χ1n) is 7.44. The van der Waals surface area contributed by atoms with E-state index in [1.54, 1.807) is 18.3 Å². The topological polar surface area (TPSA) is 33.1 Å². The van der Waals surface area contributed by atoms with Gasteiger partial charge < -0.3 is 9.88 Å². The van der Waals surface area contributed by atoms with Gasteiger partial charge in [0.2, 0.25) is 0 Å². The highest BCUT2D eigenvalue weighted by atomic mass is 19.3. The molecule has 1 aromatic heterocycles. The van der Waals surface area contributed by atoms with Gasteiger partial charge in [-0.2, -0.15) is 0 Å². The van der Waals surface area contributed by atoms with Crippen molar-refractivity contribution in [3.8, 4) is 0 Å². The number of hydrogen-bond acceptors (Lipinski definition) is 3. The molecule has 2 aromatic rings. The molecule has 0 radical (unpaired) electrons. The maximum Gasteiger partial charge on any atom is 0.263 e. The molecule has 1 saturated heterocycles. The zero-order chi connectivity index (χ0) is 15.5. The normalized spacial score (nSPS) is 19.7. The summed E-state index contributed by atoms with van der Waals surface area (Å²) in [5, 5.41) is 3.40. The van der Waals surface area contributed by atoms with Crippen LogP contribution in [-0.4, -0.2) is 34.1 Å². The molecule has 22 heavy (non-hydrogen) atoms. The van der Waals surface area contributed by atoms with Gasteiger partial charge in [-0.05, 0) is 5.56 Å². The van der Waals surface area contributed by atoms with Crippen LogP contribution in [0.5, 0.6) is 0 Å². The van der Waals surface area contributed by atoms with Crippen molar-refractivity contribution < 1.29 is 8.78 Å². The second kappa shape index (κ2) is 6.54. The highest BCUT2D eigenvalue weighted by Gasteiger charge is 2.26. The molecule has 1 N–H and O–H groups in total. The second-order valence-corrected chi connectivity index (χ2v) is 5.63. The third-order valence-electron chi connectivity index (χ3n) is 4.13. The fourth-order valence-corrected chi connectivity index (χ4v) is 2.89. The highest BCUT2D eigenvalue weighted by molar-refractivity contribution is 5.23. The van der Waals surface area contributed by atoms with Crippen LogP contribution in [0.25, 0.3) is 0 Å². The first-order valence-corrected chi connectivity index (χ1v) is 7.44. The number of aryl methyl sites for hydroxylation is 1. The predicted octanol–water partition coefficient (Wildman–Crippen LogP) is 2.50. The van der Waals surface area contributed by atoms with Crippen LogP contribution in [-0.2, 0) is 13.6 Å². The van der Waals surface area contributed by atoms with E-state index in [-0.39, 0.29) is 11.6 Å². The van der Waals surface area contributed by atoms with Crippen molar-refractivity contribution >= 4 is 0 Å². The minimum atomic E-state index is -2.41. The van der Waals surface area contributed by atoms with Crippen molar-refractivity contribution in [1.82, 2.24) is 19.8 Å². The minimum absolute atomic E-state index is 0.0738. The summed E-state index contributed by atoms with van der Waals surface area (Å²) in [5.74, 6) is 1.02. The standard InChI is InChI=1S/C16H20F2N4/c1-21-8-7-20-16(21)14-10-19-6-9-22(14)11-12-2-4-13(5-3-12)15(17)18/h2-5,7-8,14-15,19H,6,9-11H2,1H3. The van der Waals surface area contributed by atoms with Gasteiger partial charge in [0.05, 0.1) is 6.04 Å². The SMILES string of the molecule is Cn1ccnc1C1CNCCN1Cc1ccc(C(F)F)cc1. The van der Waals surface area contributed by atoms with Crippen molar-refractivity contribution in [2.24, 2.45) is 7.05 Å². The van der Waals surface area contributed by atoms with Crippen LogP contribution in [0.2, 0.25) is 0 Å². The van der Waals surface area contributed by atoms with E-state index in [1.807, 2.05) is 17.8 Å². The molecule has 6 heteroatoms. The Balaban J connectivity index is 1.75. The number of alkyl halides is 2. The molecule has 3 rings (SSSR count). The molecule has 1 aromatic carbocycles. The lowest BCUT2D eigenvalue weighted by Crippen LogP contribution is -2.46. The highest BCUT2D eigenvalue weighted by Crippen LogP contribution is 2.24. The minimum Gasteiger partial charge on any atom is -0.337 e. The molecule has 1 aliphatic rings. The van der Waals surface area contributed by atoms with Crippen LogP contribution in [0, 0.1) is 0 Å². The molecule has 0 amide bonds. The van der Waals surface area contributed by atoms with Gasteiger partial charge in [-0.15, -0.1) is 0 Å². The van der Waals surface area contributed by atoms with Crippen LogP contribution >= 0.6 is 0 Å². The summed E-state index contributed by atoms with van der Waals surface area (Å²) in [4.78, 5) is 6.79. The number of piperazine rings is 1. The third kappa shape index (κ3) is 3.18. The molecule has 1 aliphatic heterocycles. The molecule has 118 valence electrons. The average molecular weight is 306 g/mol. The maximum atomic E-state index is 12.6. The van der Waals surface area contributed by atoms with Gasteiger partial charge in [-0.1, -0.05) is 24.3 Å². The Kier molecular flexibility index (Phi) is 4.49. The van der Waals surface area contributed by atoms with E-state index in [9.17, 15) is 8.78 Å². The van der Waals surface area contributed by atoms with Gasteiger partial charge in [0.25, 0.3) is 6.43 Å². The Labute approximate surface area is 128 Å². The number of imidazole rings is 1. The smallest absolute Gasteiger partial charge is 0.263 e. The number of hydrogen-bond donors (Lipinski definition) is 1. The molecule has 0 aliphatic carbocycles. The molecule has 1 fully saturated rings. The van der Waals surface area contributed by atoms with Crippen LogP contribution in [0.3, 0.4) is 0 Å². The summed E-state index contributed by atoms with van der Waals surface area (Å²) < 4.78 is 27.3. The quantitative estimate of drug-likeness (QED) is 0.942. The van der Waals surface area contributed by atoms with Gasteiger partial charge in [-0.25, -0.2) is 13.8 Å². The number of halogens is 2. The van der Waals surface area contributed by atoms with Gasteiger partial charge >= 0.3 is 0 Å². The molecule has 1 atom stereocenters. The molecule has 1 unspecified atom stereocenters. The van der Waals surface area contributed by atoms with E-state index in [4.69, 9.17) is 0 Å². The van der Waals surface area contributed by atoms with E-state index in [0.29, 0.717) is 0 Å². The molecule has 0 bridgehead atoms. The fourth-order valence-electron chi connectivity index (χ4n) is 2.89. The summed E-state index contributed by atoms with van der Waals surface area (Å²) in [6.45, 7) is 3.42. The summed E-state index contributed by atoms with van der Waals surface area (Å²) >= 11 is 0. The molecule has 0 saturated carbocycles. The summed E-state index contributed by atoms with van der Waals surface area (Å²) in [7, 11) is 1.99. The summed E-state index contributed by atoms with van der Waals surface area (Å²) in [6, 6.07) is 6.80. The zero-order valence-electron chi connectivity index (χ0n) is 12.5. The van der Waals surface area contributed by atoms with Gasteiger partial charge in [0, 0.05) is 51.2 Å². The number of benzene rings is 1. The van der Waals surface area contributed by atoms with Crippen LogP contribution < -0.4 is 5.32 Å². The fraction of sp³-hybridized carbons (Fsp3) is 0.438. The van der Waals surface area contributed by atoms with E-state index in [2.05, 4.69) is 15.2 Å². The maximum absolute atomic E-state index is 12.6. The largest absolute Gasteiger partial charge is 0.337 e. The first-order chi connectivity index (χ1) is 10.6. The molecular weight excluding hydrogens is 286 g/mol. The Morgan fingerprint density at radius 1 is 1.32 bits per heavy atom. The number of nitrogens with one attached hydrogen (secondary N) is 1. The van der Waals surface area contributed by atoms with E-state index < -0.39 is 6.43 Å². The van der Waals surface area contributed by atoms with E-state index >= 15 is 0 Å². The van der Waals surface area contributed by atoms with Gasteiger partial charge in [-0.3, -0.25) is 4.90 Å². The lowest BCUT2D eigenvalue weighted by atomic mass is 10.1. The lowest BCUT2D eigenvalue weighted by molar-refractivity contribution is 0.144. The molecule has 0 spiro atoms. The average Bonchev–Trinajstić information content (AvgIpc) is 2.94. The number of nitrogens with zero attached hydrogens (tertiary/aromatic N) is 3. The van der Waals surface area contributed by atoms with Crippen molar-refractivity contribution in [2.45, 2.75) is 19.0 Å². The molecule has 2 heterocycles. The summed E-state index contributed by atoms with van der Waals surface area (Å²) in [6.07, 6.45) is 1.34. The van der Waals surface area contributed by atoms with Crippen LogP contribution in [0.1, 0.15) is 29.4 Å². The Morgan fingerprint density at radius 3 is 2.73 bits per heavy atom. The van der Waals surface area contributed by atoms with Crippen molar-refractivity contribution in [3.05, 3.63) is 53.6 Å². The van der Waals surface area contributed by atoms with Crippen LogP contribution in [0.4, 0.5) is 8.78 Å². The van der Waals surface area contributed by atoms with Gasteiger partial charge in [0.1, 0.15) is 5.82 Å². The van der Waals surface area contributed by atoms with Crippen LogP contribution in [0.15, 0.2) is 36.7 Å². The Hall–Kier alpha value is -1.79. The molecule has 4 nitrogen and oxygen atoms in total. The third-order valence-corrected chi connectivity index (χ3v) is 4.13. The van der Waals surface area contributed by atoms with Crippen molar-refractivity contribution in [1.29, 1.82) is 0 Å².